The van der Waals surface area contributed by atoms with E-state index >= 15 is 0 Å². The molecule has 0 atom stereocenters. The first-order valence-corrected chi connectivity index (χ1v) is 6.05. The molecule has 0 fully saturated rings. The molecule has 3 heteroatoms. The lowest BCUT2D eigenvalue weighted by molar-refractivity contribution is 0.266. The van der Waals surface area contributed by atoms with Crippen LogP contribution in [0.15, 0.2) is 23.1 Å². The summed E-state index contributed by atoms with van der Waals surface area (Å²) in [5.74, 6) is 0. The van der Waals surface area contributed by atoms with Crippen LogP contribution in [0.1, 0.15) is 32.3 Å². The molecule has 0 spiro atoms. The maximum absolute atomic E-state index is 11.5. The van der Waals surface area contributed by atoms with Crippen LogP contribution in [-0.4, -0.2) is 22.6 Å². The highest BCUT2D eigenvalue weighted by molar-refractivity contribution is 5.10. The van der Waals surface area contributed by atoms with Gasteiger partial charge in [0.15, 0.2) is 0 Å². The molecule has 16 heavy (non-hydrogen) atoms. The zero-order valence-corrected chi connectivity index (χ0v) is 10.6. The molecule has 0 amide bonds. The molecule has 1 aromatic rings. The summed E-state index contributed by atoms with van der Waals surface area (Å²) in [5, 5.41) is 0. The van der Waals surface area contributed by atoms with E-state index in [9.17, 15) is 4.79 Å². The van der Waals surface area contributed by atoms with Crippen molar-refractivity contribution < 1.29 is 0 Å². The van der Waals surface area contributed by atoms with Crippen LogP contribution in [-0.2, 0) is 13.6 Å². The van der Waals surface area contributed by atoms with Crippen LogP contribution < -0.4 is 5.56 Å². The van der Waals surface area contributed by atoms with Crippen molar-refractivity contribution in [1.82, 2.24) is 9.47 Å². The lowest BCUT2D eigenvalue weighted by Crippen LogP contribution is -2.26. The normalized spacial score (nSPS) is 11.0. The summed E-state index contributed by atoms with van der Waals surface area (Å²) in [5.41, 5.74) is 1.19. The zero-order chi connectivity index (χ0) is 12.0. The highest BCUT2D eigenvalue weighted by atomic mass is 16.1. The smallest absolute Gasteiger partial charge is 0.250 e. The van der Waals surface area contributed by atoms with E-state index in [1.54, 1.807) is 17.7 Å². The van der Waals surface area contributed by atoms with Crippen molar-refractivity contribution >= 4 is 0 Å². The van der Waals surface area contributed by atoms with E-state index < -0.39 is 0 Å². The van der Waals surface area contributed by atoms with Crippen molar-refractivity contribution in [2.75, 3.05) is 13.1 Å². The summed E-state index contributed by atoms with van der Waals surface area (Å²) in [6, 6.07) is 3.76. The highest BCUT2D eigenvalue weighted by Crippen LogP contribution is 2.03. The van der Waals surface area contributed by atoms with Crippen LogP contribution in [0.4, 0.5) is 0 Å². The van der Waals surface area contributed by atoms with Gasteiger partial charge in [0, 0.05) is 25.9 Å². The second-order valence-corrected chi connectivity index (χ2v) is 4.26. The van der Waals surface area contributed by atoms with Gasteiger partial charge in [-0.1, -0.05) is 13.8 Å². The summed E-state index contributed by atoms with van der Waals surface area (Å²) in [6.45, 7) is 7.46. The predicted molar refractivity (Wildman–Crippen MR) is 67.5 cm³/mol. The minimum Gasteiger partial charge on any atom is -0.319 e. The standard InChI is InChI=1S/C13H22N2O/c1-4-7-15(8-5-2)11-12-6-9-14(3)13(16)10-12/h6,9-10H,4-5,7-8,11H2,1-3H3. The number of hydrogen-bond acceptors (Lipinski definition) is 2. The average Bonchev–Trinajstić information content (AvgIpc) is 2.24. The summed E-state index contributed by atoms with van der Waals surface area (Å²) in [7, 11) is 1.78. The van der Waals surface area contributed by atoms with Gasteiger partial charge < -0.3 is 4.57 Å². The zero-order valence-electron chi connectivity index (χ0n) is 10.6. The second-order valence-electron chi connectivity index (χ2n) is 4.26. The third-order valence-corrected chi connectivity index (χ3v) is 2.65. The number of rotatable bonds is 6. The first-order chi connectivity index (χ1) is 7.67. The van der Waals surface area contributed by atoms with Crippen LogP contribution in [0, 0.1) is 0 Å². The van der Waals surface area contributed by atoms with E-state index in [-0.39, 0.29) is 5.56 Å². The summed E-state index contributed by atoms with van der Waals surface area (Å²) in [6.07, 6.45) is 4.16. The Hall–Kier alpha value is -1.09. The Kier molecular flexibility index (Phi) is 5.26. The van der Waals surface area contributed by atoms with E-state index in [4.69, 9.17) is 0 Å². The molecule has 1 rings (SSSR count). The van der Waals surface area contributed by atoms with E-state index in [1.165, 1.54) is 0 Å². The Morgan fingerprint density at radius 3 is 2.38 bits per heavy atom. The molecule has 0 bridgehead atoms. The number of aryl methyl sites for hydroxylation is 1. The predicted octanol–water partition coefficient (Wildman–Crippen LogP) is 2.01. The van der Waals surface area contributed by atoms with Gasteiger partial charge in [0.05, 0.1) is 0 Å². The maximum atomic E-state index is 11.5. The molecular formula is C13H22N2O. The monoisotopic (exact) mass is 222 g/mol. The third-order valence-electron chi connectivity index (χ3n) is 2.65. The van der Waals surface area contributed by atoms with Crippen molar-refractivity contribution in [3.63, 3.8) is 0 Å². The fraction of sp³-hybridized carbons (Fsp3) is 0.615. The molecule has 0 aromatic carbocycles. The molecule has 1 heterocycles. The fourth-order valence-electron chi connectivity index (χ4n) is 1.85. The first kappa shape index (κ1) is 13.0. The number of pyridine rings is 1. The molecule has 0 unspecified atom stereocenters. The van der Waals surface area contributed by atoms with E-state index in [0.29, 0.717) is 0 Å². The average molecular weight is 222 g/mol. The van der Waals surface area contributed by atoms with Crippen molar-refractivity contribution in [3.05, 3.63) is 34.2 Å². The Morgan fingerprint density at radius 1 is 1.25 bits per heavy atom. The van der Waals surface area contributed by atoms with Gasteiger partial charge >= 0.3 is 0 Å². The SMILES string of the molecule is CCCN(CCC)Cc1ccn(C)c(=O)c1. The Labute approximate surface area is 97.7 Å². The van der Waals surface area contributed by atoms with Gasteiger partial charge in [0.25, 0.3) is 5.56 Å². The van der Waals surface area contributed by atoms with Crippen molar-refractivity contribution in [3.8, 4) is 0 Å². The molecule has 3 nitrogen and oxygen atoms in total. The molecular weight excluding hydrogens is 200 g/mol. The van der Waals surface area contributed by atoms with Crippen LogP contribution in [0.25, 0.3) is 0 Å². The Bertz CT molecular complexity index is 364. The Balaban J connectivity index is 2.69. The third kappa shape index (κ3) is 3.81. The molecule has 0 aliphatic rings. The van der Waals surface area contributed by atoms with Gasteiger partial charge in [-0.15, -0.1) is 0 Å². The minimum atomic E-state index is 0.0745. The molecule has 0 radical (unpaired) electrons. The van der Waals surface area contributed by atoms with Crippen LogP contribution in [0.3, 0.4) is 0 Å². The summed E-state index contributed by atoms with van der Waals surface area (Å²) >= 11 is 0. The van der Waals surface area contributed by atoms with Gasteiger partial charge in [-0.3, -0.25) is 9.69 Å². The molecule has 1 aromatic heterocycles. The van der Waals surface area contributed by atoms with Gasteiger partial charge in [-0.2, -0.15) is 0 Å². The largest absolute Gasteiger partial charge is 0.319 e. The van der Waals surface area contributed by atoms with Crippen molar-refractivity contribution in [1.29, 1.82) is 0 Å². The lowest BCUT2D eigenvalue weighted by Gasteiger charge is -2.20. The van der Waals surface area contributed by atoms with Gasteiger partial charge in [0.2, 0.25) is 0 Å². The molecule has 0 saturated heterocycles. The van der Waals surface area contributed by atoms with Crippen molar-refractivity contribution in [2.45, 2.75) is 33.2 Å². The van der Waals surface area contributed by atoms with Crippen LogP contribution >= 0.6 is 0 Å². The van der Waals surface area contributed by atoms with Crippen LogP contribution in [0.2, 0.25) is 0 Å². The fourth-order valence-corrected chi connectivity index (χ4v) is 1.85. The number of aromatic nitrogens is 1. The van der Waals surface area contributed by atoms with Crippen LogP contribution in [0.5, 0.6) is 0 Å². The van der Waals surface area contributed by atoms with Crippen molar-refractivity contribution in [2.24, 2.45) is 7.05 Å². The molecule has 0 N–H and O–H groups in total. The quantitative estimate of drug-likeness (QED) is 0.735. The van der Waals surface area contributed by atoms with Gasteiger partial charge in [-0.05, 0) is 37.6 Å². The maximum Gasteiger partial charge on any atom is 0.250 e. The second kappa shape index (κ2) is 6.48. The van der Waals surface area contributed by atoms with E-state index in [1.807, 2.05) is 12.3 Å². The number of hydrogen-bond donors (Lipinski definition) is 0. The minimum absolute atomic E-state index is 0.0745. The highest BCUT2D eigenvalue weighted by Gasteiger charge is 2.04. The van der Waals surface area contributed by atoms with E-state index in [0.717, 1.165) is 38.0 Å². The molecule has 0 aliphatic heterocycles. The number of nitrogens with zero attached hydrogens (tertiary/aromatic N) is 2. The molecule has 0 aliphatic carbocycles. The topological polar surface area (TPSA) is 25.2 Å². The molecule has 90 valence electrons. The summed E-state index contributed by atoms with van der Waals surface area (Å²) in [4.78, 5) is 13.9. The first-order valence-electron chi connectivity index (χ1n) is 6.05. The molecule has 0 saturated carbocycles. The van der Waals surface area contributed by atoms with E-state index in [2.05, 4.69) is 18.7 Å². The van der Waals surface area contributed by atoms with Gasteiger partial charge in [-0.25, -0.2) is 0 Å². The lowest BCUT2D eigenvalue weighted by atomic mass is 10.2. The Morgan fingerprint density at radius 2 is 1.88 bits per heavy atom. The summed E-state index contributed by atoms with van der Waals surface area (Å²) < 4.78 is 1.60. The van der Waals surface area contributed by atoms with Gasteiger partial charge in [0.1, 0.15) is 0 Å².